The molecule has 1 fully saturated rings. The zero-order valence-electron chi connectivity index (χ0n) is 10.6. The van der Waals surface area contributed by atoms with E-state index in [2.05, 4.69) is 15.3 Å². The van der Waals surface area contributed by atoms with E-state index in [0.717, 1.165) is 24.8 Å². The van der Waals surface area contributed by atoms with Crippen molar-refractivity contribution in [2.75, 3.05) is 6.54 Å². The van der Waals surface area contributed by atoms with Gasteiger partial charge < -0.3 is 14.7 Å². The predicted octanol–water partition coefficient (Wildman–Crippen LogP) is 3.38. The van der Waals surface area contributed by atoms with Gasteiger partial charge in [0.1, 0.15) is 16.9 Å². The third-order valence-corrected chi connectivity index (χ3v) is 3.93. The smallest absolute Gasteiger partial charge is 0.294 e. The summed E-state index contributed by atoms with van der Waals surface area (Å²) in [6, 6.07) is 5.38. The summed E-state index contributed by atoms with van der Waals surface area (Å²) in [6.45, 7) is 0.949. The summed E-state index contributed by atoms with van der Waals surface area (Å²) < 4.78 is 5.57. The molecule has 0 bridgehead atoms. The lowest BCUT2D eigenvalue weighted by molar-refractivity contribution is 0.600. The van der Waals surface area contributed by atoms with Crippen LogP contribution < -0.4 is 10.9 Å². The average Bonchev–Trinajstić information content (AvgIpc) is 3.06. The minimum atomic E-state index is -0.244. The number of aromatic amines is 1. The summed E-state index contributed by atoms with van der Waals surface area (Å²) in [5.41, 5.74) is 1.21. The molecule has 21 heavy (non-hydrogen) atoms. The molecule has 4 rings (SSSR count). The summed E-state index contributed by atoms with van der Waals surface area (Å²) in [5.74, 6) is 0.669. The van der Waals surface area contributed by atoms with Crippen LogP contribution in [0.3, 0.4) is 0 Å². The van der Waals surface area contributed by atoms with Crippen molar-refractivity contribution in [2.24, 2.45) is 0 Å². The molecule has 5 nitrogen and oxygen atoms in total. The highest BCUT2D eigenvalue weighted by molar-refractivity contribution is 6.31. The molecule has 1 aromatic carbocycles. The van der Waals surface area contributed by atoms with Gasteiger partial charge in [0.05, 0.1) is 6.04 Å². The van der Waals surface area contributed by atoms with Crippen molar-refractivity contribution in [1.29, 1.82) is 0 Å². The first-order valence-corrected chi connectivity index (χ1v) is 6.95. The number of H-pyrrole nitrogens is 1. The number of hydrogen-bond donors (Lipinski definition) is 2. The molecule has 0 spiro atoms. The van der Waals surface area contributed by atoms with Gasteiger partial charge in [-0.15, -0.1) is 0 Å². The molecule has 1 atom stereocenters. The van der Waals surface area contributed by atoms with Crippen molar-refractivity contribution in [3.63, 3.8) is 0 Å². The van der Waals surface area contributed by atoms with Gasteiger partial charge in [-0.3, -0.25) is 4.79 Å². The summed E-state index contributed by atoms with van der Waals surface area (Å²) in [6.07, 6.45) is 2.06. The lowest BCUT2D eigenvalue weighted by Gasteiger charge is -2.08. The van der Waals surface area contributed by atoms with Crippen LogP contribution in [0.4, 0.5) is 0 Å². The lowest BCUT2D eigenvalue weighted by atomic mass is 10.2. The summed E-state index contributed by atoms with van der Waals surface area (Å²) >= 11 is 6.01. The Morgan fingerprint density at radius 2 is 2.24 bits per heavy atom. The molecular formula is C15H16ClN3O2. The van der Waals surface area contributed by atoms with E-state index in [1.54, 1.807) is 18.2 Å². The predicted molar refractivity (Wildman–Crippen MR) is 83.9 cm³/mol. The first-order chi connectivity index (χ1) is 9.72. The summed E-state index contributed by atoms with van der Waals surface area (Å²) in [5, 5.41) is 4.70. The Kier molecular flexibility index (Phi) is 3.47. The molecule has 110 valence electrons. The van der Waals surface area contributed by atoms with Crippen molar-refractivity contribution in [3.05, 3.63) is 39.4 Å². The lowest BCUT2D eigenvalue weighted by Crippen LogP contribution is -2.20. The Labute approximate surface area is 126 Å². The van der Waals surface area contributed by atoms with Gasteiger partial charge in [-0.05, 0) is 37.6 Å². The molecule has 0 radical (unpaired) electrons. The highest BCUT2D eigenvalue weighted by atomic mass is 35.5. The van der Waals surface area contributed by atoms with Gasteiger partial charge in [0.15, 0.2) is 0 Å². The quantitative estimate of drug-likeness (QED) is 0.723. The van der Waals surface area contributed by atoms with Gasteiger partial charge in [-0.25, -0.2) is 4.98 Å². The van der Waals surface area contributed by atoms with Gasteiger partial charge in [0.25, 0.3) is 5.56 Å². The van der Waals surface area contributed by atoms with Crippen LogP contribution in [0, 0.1) is 0 Å². The van der Waals surface area contributed by atoms with Crippen LogP contribution in [0.25, 0.3) is 22.1 Å². The SMILES string of the molecule is C.O=c1[nH]c([C@@H]2CCCN2)nc2c1oc1ccc(Cl)cc12. The van der Waals surface area contributed by atoms with E-state index in [1.807, 2.05) is 0 Å². The van der Waals surface area contributed by atoms with Crippen molar-refractivity contribution < 1.29 is 4.42 Å². The third kappa shape index (κ3) is 2.22. The fourth-order valence-corrected chi connectivity index (χ4v) is 2.90. The molecule has 0 aliphatic carbocycles. The Hall–Kier alpha value is -1.85. The molecule has 1 saturated heterocycles. The number of benzene rings is 1. The molecule has 3 heterocycles. The maximum atomic E-state index is 12.2. The topological polar surface area (TPSA) is 70.9 Å². The molecule has 6 heteroatoms. The number of nitrogens with zero attached hydrogens (tertiary/aromatic N) is 1. The van der Waals surface area contributed by atoms with Crippen LogP contribution in [0.1, 0.15) is 32.1 Å². The van der Waals surface area contributed by atoms with Gasteiger partial charge in [0.2, 0.25) is 5.58 Å². The largest absolute Gasteiger partial charge is 0.449 e. The number of fused-ring (bicyclic) bond motifs is 3. The zero-order valence-corrected chi connectivity index (χ0v) is 11.3. The number of rotatable bonds is 1. The number of aromatic nitrogens is 2. The van der Waals surface area contributed by atoms with E-state index in [4.69, 9.17) is 16.0 Å². The van der Waals surface area contributed by atoms with Crippen LogP contribution in [0.15, 0.2) is 27.4 Å². The Balaban J connectivity index is 0.00000132. The van der Waals surface area contributed by atoms with Crippen LogP contribution in [-0.4, -0.2) is 16.5 Å². The van der Waals surface area contributed by atoms with Gasteiger partial charge in [0, 0.05) is 10.4 Å². The number of nitrogens with one attached hydrogen (secondary N) is 2. The van der Waals surface area contributed by atoms with E-state index < -0.39 is 0 Å². The Morgan fingerprint density at radius 1 is 1.38 bits per heavy atom. The molecule has 0 saturated carbocycles. The minimum absolute atomic E-state index is 0. The fourth-order valence-electron chi connectivity index (χ4n) is 2.73. The second kappa shape index (κ2) is 5.16. The first-order valence-electron chi connectivity index (χ1n) is 6.58. The molecule has 2 aromatic heterocycles. The zero-order chi connectivity index (χ0) is 13.7. The molecule has 0 amide bonds. The van der Waals surface area contributed by atoms with Crippen LogP contribution in [0.2, 0.25) is 5.02 Å². The maximum Gasteiger partial charge on any atom is 0.294 e. The highest BCUT2D eigenvalue weighted by Crippen LogP contribution is 2.29. The van der Waals surface area contributed by atoms with Crippen LogP contribution in [0.5, 0.6) is 0 Å². The number of furan rings is 1. The van der Waals surface area contributed by atoms with E-state index >= 15 is 0 Å². The molecule has 1 aliphatic heterocycles. The van der Waals surface area contributed by atoms with Crippen molar-refractivity contribution >= 4 is 33.7 Å². The Bertz CT molecular complexity index is 862. The minimum Gasteiger partial charge on any atom is -0.449 e. The molecular weight excluding hydrogens is 290 g/mol. The average molecular weight is 306 g/mol. The van der Waals surface area contributed by atoms with Crippen LogP contribution in [-0.2, 0) is 0 Å². The second-order valence-corrected chi connectivity index (χ2v) is 5.46. The monoisotopic (exact) mass is 305 g/mol. The molecule has 1 aliphatic rings. The second-order valence-electron chi connectivity index (χ2n) is 5.02. The van der Waals surface area contributed by atoms with Gasteiger partial charge >= 0.3 is 0 Å². The standard InChI is InChI=1S/C14H12ClN3O2.CH4/c15-7-3-4-10-8(6-7)11-12(20-10)14(19)18-13(17-11)9-2-1-5-16-9;/h3-4,6,9,16H,1-2,5H2,(H,17,18,19);1H4/t9-;/m0./s1. The van der Waals surface area contributed by atoms with Crippen molar-refractivity contribution in [1.82, 2.24) is 15.3 Å². The van der Waals surface area contributed by atoms with E-state index in [0.29, 0.717) is 21.9 Å². The maximum absolute atomic E-state index is 12.2. The summed E-state index contributed by atoms with van der Waals surface area (Å²) in [4.78, 5) is 19.5. The normalized spacial score (nSPS) is 18.2. The highest BCUT2D eigenvalue weighted by Gasteiger charge is 2.21. The van der Waals surface area contributed by atoms with E-state index in [1.165, 1.54) is 0 Å². The molecule has 2 N–H and O–H groups in total. The fraction of sp³-hybridized carbons (Fsp3) is 0.333. The Morgan fingerprint density at radius 3 is 3.00 bits per heavy atom. The van der Waals surface area contributed by atoms with Gasteiger partial charge in [-0.1, -0.05) is 19.0 Å². The van der Waals surface area contributed by atoms with Crippen molar-refractivity contribution in [2.45, 2.75) is 26.3 Å². The number of halogens is 1. The summed E-state index contributed by atoms with van der Waals surface area (Å²) in [7, 11) is 0. The molecule has 3 aromatic rings. The number of hydrogen-bond acceptors (Lipinski definition) is 4. The first kappa shape index (κ1) is 14.1. The van der Waals surface area contributed by atoms with E-state index in [9.17, 15) is 4.79 Å². The van der Waals surface area contributed by atoms with Crippen molar-refractivity contribution in [3.8, 4) is 0 Å². The third-order valence-electron chi connectivity index (χ3n) is 3.69. The van der Waals surface area contributed by atoms with Crippen LogP contribution >= 0.6 is 11.6 Å². The van der Waals surface area contributed by atoms with Gasteiger partial charge in [-0.2, -0.15) is 0 Å². The molecule has 0 unspecified atom stereocenters. The van der Waals surface area contributed by atoms with E-state index in [-0.39, 0.29) is 24.6 Å².